The van der Waals surface area contributed by atoms with Crippen molar-refractivity contribution in [2.24, 2.45) is 5.92 Å². The average Bonchev–Trinajstić information content (AvgIpc) is 3.18. The molecule has 1 N–H and O–H groups in total. The van der Waals surface area contributed by atoms with E-state index in [-0.39, 0.29) is 0 Å². The Kier molecular flexibility index (Phi) is 4.57. The van der Waals surface area contributed by atoms with Gasteiger partial charge in [-0.2, -0.15) is 0 Å². The SMILES string of the molecule is Clc1cnc(/C=C(/CNC2CC2)C2CCCCC2)s1. The van der Waals surface area contributed by atoms with E-state index < -0.39 is 0 Å². The van der Waals surface area contributed by atoms with Crippen LogP contribution in [0.2, 0.25) is 4.34 Å². The summed E-state index contributed by atoms with van der Waals surface area (Å²) in [7, 11) is 0. The van der Waals surface area contributed by atoms with Crippen LogP contribution in [0.1, 0.15) is 50.0 Å². The lowest BCUT2D eigenvalue weighted by Gasteiger charge is -2.24. The van der Waals surface area contributed by atoms with E-state index in [1.165, 1.54) is 50.5 Å². The predicted octanol–water partition coefficient (Wildman–Crippen LogP) is 4.51. The van der Waals surface area contributed by atoms with Crippen LogP contribution < -0.4 is 5.32 Å². The highest BCUT2D eigenvalue weighted by Gasteiger charge is 2.23. The summed E-state index contributed by atoms with van der Waals surface area (Å²) in [5, 5.41) is 4.72. The average molecular weight is 297 g/mol. The second-order valence-electron chi connectivity index (χ2n) is 5.71. The van der Waals surface area contributed by atoms with Gasteiger partial charge in [0, 0.05) is 12.6 Å². The Morgan fingerprint density at radius 3 is 2.74 bits per heavy atom. The van der Waals surface area contributed by atoms with Crippen molar-refractivity contribution in [1.82, 2.24) is 10.3 Å². The Balaban J connectivity index is 1.71. The third-order valence-corrected chi connectivity index (χ3v) is 5.17. The monoisotopic (exact) mass is 296 g/mol. The lowest BCUT2D eigenvalue weighted by atomic mass is 9.83. The van der Waals surface area contributed by atoms with E-state index in [0.29, 0.717) is 0 Å². The maximum absolute atomic E-state index is 5.98. The molecule has 19 heavy (non-hydrogen) atoms. The Morgan fingerprint density at radius 2 is 2.11 bits per heavy atom. The maximum atomic E-state index is 5.98. The van der Waals surface area contributed by atoms with Crippen LogP contribution in [0.5, 0.6) is 0 Å². The first-order chi connectivity index (χ1) is 9.31. The maximum Gasteiger partial charge on any atom is 0.117 e. The fourth-order valence-corrected chi connectivity index (χ4v) is 3.74. The molecule has 2 aliphatic carbocycles. The molecule has 0 atom stereocenters. The van der Waals surface area contributed by atoms with Crippen LogP contribution in [0.3, 0.4) is 0 Å². The summed E-state index contributed by atoms with van der Waals surface area (Å²) in [5.41, 5.74) is 1.54. The second-order valence-corrected chi connectivity index (χ2v) is 7.41. The van der Waals surface area contributed by atoms with Crippen LogP contribution in [0.4, 0.5) is 0 Å². The van der Waals surface area contributed by atoms with Crippen molar-refractivity contribution in [1.29, 1.82) is 0 Å². The number of rotatable bonds is 5. The second kappa shape index (κ2) is 6.38. The molecule has 2 saturated carbocycles. The van der Waals surface area contributed by atoms with E-state index >= 15 is 0 Å². The minimum Gasteiger partial charge on any atom is -0.310 e. The summed E-state index contributed by atoms with van der Waals surface area (Å²) in [5.74, 6) is 0.752. The van der Waals surface area contributed by atoms with Crippen molar-refractivity contribution in [2.75, 3.05) is 6.54 Å². The fraction of sp³-hybridized carbons (Fsp3) is 0.667. The first-order valence-corrected chi connectivity index (χ1v) is 8.56. The fourth-order valence-electron chi connectivity index (χ4n) is 2.83. The third kappa shape index (κ3) is 4.04. The molecule has 1 aromatic rings. The Labute approximate surface area is 124 Å². The van der Waals surface area contributed by atoms with Gasteiger partial charge in [0.2, 0.25) is 0 Å². The van der Waals surface area contributed by atoms with Crippen molar-refractivity contribution in [2.45, 2.75) is 51.0 Å². The van der Waals surface area contributed by atoms with Gasteiger partial charge in [-0.05, 0) is 37.7 Å². The number of nitrogens with zero attached hydrogens (tertiary/aromatic N) is 1. The molecule has 2 aliphatic rings. The molecule has 0 bridgehead atoms. The van der Waals surface area contributed by atoms with E-state index in [9.17, 15) is 0 Å². The summed E-state index contributed by atoms with van der Waals surface area (Å²) < 4.78 is 0.782. The minimum absolute atomic E-state index is 0.752. The smallest absolute Gasteiger partial charge is 0.117 e. The number of nitrogens with one attached hydrogen (secondary N) is 1. The van der Waals surface area contributed by atoms with Gasteiger partial charge in [0.15, 0.2) is 0 Å². The highest BCUT2D eigenvalue weighted by Crippen LogP contribution is 2.32. The van der Waals surface area contributed by atoms with Crippen molar-refractivity contribution in [3.8, 4) is 0 Å². The van der Waals surface area contributed by atoms with E-state index in [1.54, 1.807) is 17.5 Å². The standard InChI is InChI=1S/C15H21ClN2S/c16-14-10-18-15(19-14)8-12(9-17-13-6-7-13)11-4-2-1-3-5-11/h8,10-11,13,17H,1-7,9H2/b12-8-. The molecule has 0 unspecified atom stereocenters. The van der Waals surface area contributed by atoms with Gasteiger partial charge in [-0.15, -0.1) is 11.3 Å². The molecule has 0 aliphatic heterocycles. The van der Waals surface area contributed by atoms with Crippen LogP contribution >= 0.6 is 22.9 Å². The Morgan fingerprint density at radius 1 is 1.32 bits per heavy atom. The zero-order chi connectivity index (χ0) is 13.1. The topological polar surface area (TPSA) is 24.9 Å². The quantitative estimate of drug-likeness (QED) is 0.864. The summed E-state index contributed by atoms with van der Waals surface area (Å²) in [6.07, 6.45) is 13.6. The van der Waals surface area contributed by atoms with Crippen molar-refractivity contribution in [3.63, 3.8) is 0 Å². The van der Waals surface area contributed by atoms with Crippen molar-refractivity contribution < 1.29 is 0 Å². The third-order valence-electron chi connectivity index (χ3n) is 4.11. The summed E-state index contributed by atoms with van der Waals surface area (Å²) in [4.78, 5) is 4.38. The van der Waals surface area contributed by atoms with E-state index in [4.69, 9.17) is 11.6 Å². The summed E-state index contributed by atoms with van der Waals surface area (Å²) in [6.45, 7) is 1.03. The molecule has 1 heterocycles. The molecule has 4 heteroatoms. The van der Waals surface area contributed by atoms with Crippen LogP contribution in [0, 0.1) is 5.92 Å². The Bertz CT molecular complexity index is 445. The molecule has 2 fully saturated rings. The molecule has 1 aromatic heterocycles. The lowest BCUT2D eigenvalue weighted by Crippen LogP contribution is -2.23. The van der Waals surface area contributed by atoms with Gasteiger partial charge < -0.3 is 5.32 Å². The normalized spacial score (nSPS) is 21.8. The zero-order valence-electron chi connectivity index (χ0n) is 11.2. The molecular formula is C15H21ClN2S. The van der Waals surface area contributed by atoms with Crippen LogP contribution in [0.15, 0.2) is 11.8 Å². The number of thiazole rings is 1. The molecular weight excluding hydrogens is 276 g/mol. The zero-order valence-corrected chi connectivity index (χ0v) is 12.8. The van der Waals surface area contributed by atoms with Crippen molar-refractivity contribution >= 4 is 29.0 Å². The van der Waals surface area contributed by atoms with Gasteiger partial charge in [0.05, 0.1) is 6.20 Å². The molecule has 0 amide bonds. The van der Waals surface area contributed by atoms with E-state index in [2.05, 4.69) is 16.4 Å². The van der Waals surface area contributed by atoms with Gasteiger partial charge in [0.1, 0.15) is 9.34 Å². The van der Waals surface area contributed by atoms with Gasteiger partial charge in [-0.1, -0.05) is 36.4 Å². The van der Waals surface area contributed by atoms with Gasteiger partial charge >= 0.3 is 0 Å². The van der Waals surface area contributed by atoms with E-state index in [0.717, 1.165) is 27.8 Å². The molecule has 0 saturated heterocycles. The number of aromatic nitrogens is 1. The van der Waals surface area contributed by atoms with Crippen LogP contribution in [-0.4, -0.2) is 17.6 Å². The lowest BCUT2D eigenvalue weighted by molar-refractivity contribution is 0.396. The molecule has 0 spiro atoms. The number of hydrogen-bond donors (Lipinski definition) is 1. The van der Waals surface area contributed by atoms with Gasteiger partial charge in [-0.3, -0.25) is 0 Å². The van der Waals surface area contributed by atoms with Crippen molar-refractivity contribution in [3.05, 3.63) is 21.1 Å². The summed E-state index contributed by atoms with van der Waals surface area (Å²) in [6, 6.07) is 0.770. The highest BCUT2D eigenvalue weighted by atomic mass is 35.5. The number of halogens is 1. The molecule has 104 valence electrons. The van der Waals surface area contributed by atoms with Crippen LogP contribution in [0.25, 0.3) is 6.08 Å². The molecule has 3 rings (SSSR count). The molecule has 0 aromatic carbocycles. The first kappa shape index (κ1) is 13.6. The number of hydrogen-bond acceptors (Lipinski definition) is 3. The largest absolute Gasteiger partial charge is 0.310 e. The van der Waals surface area contributed by atoms with Gasteiger partial charge in [0.25, 0.3) is 0 Å². The highest BCUT2D eigenvalue weighted by molar-refractivity contribution is 7.16. The minimum atomic E-state index is 0.752. The summed E-state index contributed by atoms with van der Waals surface area (Å²) >= 11 is 7.56. The van der Waals surface area contributed by atoms with Gasteiger partial charge in [-0.25, -0.2) is 4.98 Å². The Hall–Kier alpha value is -0.380. The predicted molar refractivity (Wildman–Crippen MR) is 82.7 cm³/mol. The van der Waals surface area contributed by atoms with Crippen LogP contribution in [-0.2, 0) is 0 Å². The molecule has 0 radical (unpaired) electrons. The first-order valence-electron chi connectivity index (χ1n) is 7.36. The molecule has 2 nitrogen and oxygen atoms in total. The van der Waals surface area contributed by atoms with E-state index in [1.807, 2.05) is 0 Å².